The topological polar surface area (TPSA) is 72.9 Å². The summed E-state index contributed by atoms with van der Waals surface area (Å²) in [6, 6.07) is 1.92. The fourth-order valence-electron chi connectivity index (χ4n) is 2.09. The molecule has 2 rings (SSSR count). The Kier molecular flexibility index (Phi) is 4.44. The molecule has 5 nitrogen and oxygen atoms in total. The maximum atomic E-state index is 12.1. The monoisotopic (exact) mass is 292 g/mol. The molecule has 0 saturated carbocycles. The van der Waals surface area contributed by atoms with Crippen molar-refractivity contribution in [2.75, 3.05) is 12.3 Å². The van der Waals surface area contributed by atoms with Crippen LogP contribution in [0.2, 0.25) is 0 Å². The molecule has 20 heavy (non-hydrogen) atoms. The van der Waals surface area contributed by atoms with Gasteiger partial charge in [-0.25, -0.2) is 4.98 Å². The highest BCUT2D eigenvalue weighted by molar-refractivity contribution is 7.13. The van der Waals surface area contributed by atoms with E-state index < -0.39 is 0 Å². The molecule has 1 amide bonds. The summed E-state index contributed by atoms with van der Waals surface area (Å²) in [4.78, 5) is 16.3. The third-order valence-electron chi connectivity index (χ3n) is 3.48. The Balaban J connectivity index is 1.82. The number of nitrogens with zero attached hydrogens (tertiary/aromatic N) is 2. The van der Waals surface area contributed by atoms with Gasteiger partial charge in [-0.2, -0.15) is 0 Å². The van der Waals surface area contributed by atoms with Crippen LogP contribution in [0.5, 0.6) is 0 Å². The van der Waals surface area contributed by atoms with Gasteiger partial charge in [0.25, 0.3) is 5.91 Å². The standard InChI is InChI=1S/C14H20N4OS/c1-9-7-12(10(2)18(9)3)13(19)16-6-4-5-11-8-20-14(15)17-11/h7-8H,4-6H2,1-3H3,(H2,15,17)(H,16,19). The van der Waals surface area contributed by atoms with Gasteiger partial charge in [0.15, 0.2) is 5.13 Å². The zero-order valence-corrected chi connectivity index (χ0v) is 12.9. The molecule has 108 valence electrons. The van der Waals surface area contributed by atoms with Gasteiger partial charge in [0.05, 0.1) is 11.3 Å². The molecule has 0 bridgehead atoms. The molecule has 0 aliphatic carbocycles. The van der Waals surface area contributed by atoms with Crippen LogP contribution in [0.25, 0.3) is 0 Å². The van der Waals surface area contributed by atoms with Crippen molar-refractivity contribution in [1.82, 2.24) is 14.9 Å². The van der Waals surface area contributed by atoms with Crippen LogP contribution in [0.4, 0.5) is 5.13 Å². The number of hydrogen-bond donors (Lipinski definition) is 2. The third-order valence-corrected chi connectivity index (χ3v) is 4.21. The first-order chi connectivity index (χ1) is 9.49. The number of anilines is 1. The van der Waals surface area contributed by atoms with Crippen LogP contribution in [0, 0.1) is 13.8 Å². The molecule has 0 unspecified atom stereocenters. The van der Waals surface area contributed by atoms with Crippen molar-refractivity contribution in [2.45, 2.75) is 26.7 Å². The van der Waals surface area contributed by atoms with Crippen molar-refractivity contribution in [2.24, 2.45) is 7.05 Å². The summed E-state index contributed by atoms with van der Waals surface area (Å²) in [5.41, 5.74) is 9.40. The summed E-state index contributed by atoms with van der Waals surface area (Å²) in [6.07, 6.45) is 1.69. The summed E-state index contributed by atoms with van der Waals surface area (Å²) < 4.78 is 2.02. The zero-order chi connectivity index (χ0) is 14.7. The van der Waals surface area contributed by atoms with E-state index in [2.05, 4.69) is 10.3 Å². The van der Waals surface area contributed by atoms with E-state index in [-0.39, 0.29) is 5.91 Å². The fraction of sp³-hybridized carbons (Fsp3) is 0.429. The minimum atomic E-state index is -0.0102. The predicted octanol–water partition coefficient (Wildman–Crippen LogP) is 2.04. The van der Waals surface area contributed by atoms with E-state index in [0.29, 0.717) is 11.7 Å². The van der Waals surface area contributed by atoms with Gasteiger partial charge in [-0.1, -0.05) is 0 Å². The minimum Gasteiger partial charge on any atom is -0.375 e. The lowest BCUT2D eigenvalue weighted by atomic mass is 10.2. The fourth-order valence-corrected chi connectivity index (χ4v) is 2.69. The first kappa shape index (κ1) is 14.6. The lowest BCUT2D eigenvalue weighted by Gasteiger charge is -2.05. The van der Waals surface area contributed by atoms with E-state index in [0.717, 1.165) is 35.5 Å². The Morgan fingerprint density at radius 3 is 2.80 bits per heavy atom. The van der Waals surface area contributed by atoms with Gasteiger partial charge in [0.2, 0.25) is 0 Å². The van der Waals surface area contributed by atoms with Crippen molar-refractivity contribution >= 4 is 22.4 Å². The normalized spacial score (nSPS) is 10.8. The van der Waals surface area contributed by atoms with E-state index in [1.807, 2.05) is 36.9 Å². The molecule has 3 N–H and O–H groups in total. The number of carbonyl (C=O) groups is 1. The maximum Gasteiger partial charge on any atom is 0.253 e. The van der Waals surface area contributed by atoms with E-state index >= 15 is 0 Å². The third kappa shape index (κ3) is 3.19. The smallest absolute Gasteiger partial charge is 0.253 e. The average molecular weight is 292 g/mol. The number of aromatic nitrogens is 2. The molecule has 2 aromatic rings. The maximum absolute atomic E-state index is 12.1. The zero-order valence-electron chi connectivity index (χ0n) is 12.1. The average Bonchev–Trinajstić information content (AvgIpc) is 2.94. The van der Waals surface area contributed by atoms with Crippen molar-refractivity contribution in [3.63, 3.8) is 0 Å². The number of nitrogens with two attached hydrogens (primary N) is 1. The van der Waals surface area contributed by atoms with Crippen LogP contribution in [0.3, 0.4) is 0 Å². The number of thiazole rings is 1. The molecule has 2 heterocycles. The van der Waals surface area contributed by atoms with E-state index in [9.17, 15) is 4.79 Å². The second-order valence-electron chi connectivity index (χ2n) is 4.88. The number of hydrogen-bond acceptors (Lipinski definition) is 4. The van der Waals surface area contributed by atoms with Crippen molar-refractivity contribution in [1.29, 1.82) is 0 Å². The number of rotatable bonds is 5. The number of amides is 1. The number of aryl methyl sites for hydroxylation is 2. The minimum absolute atomic E-state index is 0.0102. The molecule has 6 heteroatoms. The van der Waals surface area contributed by atoms with E-state index in [1.165, 1.54) is 11.3 Å². The van der Waals surface area contributed by atoms with Crippen LogP contribution in [-0.2, 0) is 13.5 Å². The summed E-state index contributed by atoms with van der Waals surface area (Å²) in [6.45, 7) is 4.60. The summed E-state index contributed by atoms with van der Waals surface area (Å²) in [5, 5.41) is 5.51. The lowest BCUT2D eigenvalue weighted by Crippen LogP contribution is -2.25. The van der Waals surface area contributed by atoms with Gasteiger partial charge in [0, 0.05) is 30.4 Å². The summed E-state index contributed by atoms with van der Waals surface area (Å²) in [5.74, 6) is -0.0102. The lowest BCUT2D eigenvalue weighted by molar-refractivity contribution is 0.0952. The molecule has 0 radical (unpaired) electrons. The number of nitrogen functional groups attached to an aromatic ring is 1. The SMILES string of the molecule is Cc1cc(C(=O)NCCCc2csc(N)n2)c(C)n1C. The van der Waals surface area contributed by atoms with Gasteiger partial charge in [-0.3, -0.25) is 4.79 Å². The van der Waals surface area contributed by atoms with Crippen molar-refractivity contribution in [3.8, 4) is 0 Å². The Morgan fingerprint density at radius 1 is 1.50 bits per heavy atom. The Hall–Kier alpha value is -1.82. The molecule has 0 aromatic carbocycles. The first-order valence-electron chi connectivity index (χ1n) is 6.60. The quantitative estimate of drug-likeness (QED) is 0.828. The van der Waals surface area contributed by atoms with Crippen LogP contribution >= 0.6 is 11.3 Å². The first-order valence-corrected chi connectivity index (χ1v) is 7.48. The summed E-state index contributed by atoms with van der Waals surface area (Å²) in [7, 11) is 1.97. The second kappa shape index (κ2) is 6.09. The highest BCUT2D eigenvalue weighted by atomic mass is 32.1. The van der Waals surface area contributed by atoms with Gasteiger partial charge in [-0.15, -0.1) is 11.3 Å². The molecule has 0 fully saturated rings. The Bertz CT molecular complexity index is 615. The van der Waals surface area contributed by atoms with Gasteiger partial charge >= 0.3 is 0 Å². The molecular formula is C14H20N4OS. The number of carbonyl (C=O) groups excluding carboxylic acids is 1. The molecule has 2 aromatic heterocycles. The number of nitrogens with one attached hydrogen (secondary N) is 1. The molecule has 0 atom stereocenters. The van der Waals surface area contributed by atoms with Crippen molar-refractivity contribution < 1.29 is 4.79 Å². The highest BCUT2D eigenvalue weighted by Gasteiger charge is 2.13. The van der Waals surface area contributed by atoms with E-state index in [1.54, 1.807) is 0 Å². The Labute approximate surface area is 122 Å². The highest BCUT2D eigenvalue weighted by Crippen LogP contribution is 2.14. The molecule has 0 aliphatic heterocycles. The van der Waals surface area contributed by atoms with Crippen molar-refractivity contribution in [3.05, 3.63) is 34.1 Å². The predicted molar refractivity (Wildman–Crippen MR) is 82.1 cm³/mol. The Morgan fingerprint density at radius 2 is 2.25 bits per heavy atom. The molecule has 0 spiro atoms. The van der Waals surface area contributed by atoms with Crippen LogP contribution in [0.1, 0.15) is 33.9 Å². The molecular weight excluding hydrogens is 272 g/mol. The van der Waals surface area contributed by atoms with Crippen LogP contribution < -0.4 is 11.1 Å². The van der Waals surface area contributed by atoms with Gasteiger partial charge < -0.3 is 15.6 Å². The van der Waals surface area contributed by atoms with Crippen LogP contribution in [0.15, 0.2) is 11.4 Å². The van der Waals surface area contributed by atoms with Crippen LogP contribution in [-0.4, -0.2) is 22.0 Å². The van der Waals surface area contributed by atoms with Gasteiger partial charge in [-0.05, 0) is 32.8 Å². The largest absolute Gasteiger partial charge is 0.375 e. The van der Waals surface area contributed by atoms with Gasteiger partial charge in [0.1, 0.15) is 0 Å². The summed E-state index contributed by atoms with van der Waals surface area (Å²) >= 11 is 1.45. The molecule has 0 aliphatic rings. The van der Waals surface area contributed by atoms with E-state index in [4.69, 9.17) is 5.73 Å². The second-order valence-corrected chi connectivity index (χ2v) is 5.77. The molecule has 0 saturated heterocycles.